The zero-order chi connectivity index (χ0) is 25.9. The van der Waals surface area contributed by atoms with Crippen LogP contribution in [0.1, 0.15) is 43.7 Å². The van der Waals surface area contributed by atoms with Crippen LogP contribution in [0, 0.1) is 11.7 Å². The number of methoxy groups -OCH3 is 1. The number of amides is 1. The van der Waals surface area contributed by atoms with Crippen molar-refractivity contribution in [2.45, 2.75) is 50.1 Å². The van der Waals surface area contributed by atoms with E-state index >= 15 is 0 Å². The first-order chi connectivity index (χ1) is 17.2. The SMILES string of the molecule is CCC(C)N(Cc1ccc(OC)c(OS(=O)(=O)c2ccc(F)cc2)c1)C(=O)C1CC1c1ccccc1. The fourth-order valence-corrected chi connectivity index (χ4v) is 5.20. The molecule has 3 aromatic carbocycles. The predicted octanol–water partition coefficient (Wildman–Crippen LogP) is 5.53. The van der Waals surface area contributed by atoms with E-state index in [2.05, 4.69) is 12.1 Å². The molecule has 3 atom stereocenters. The minimum Gasteiger partial charge on any atom is -0.493 e. The Balaban J connectivity index is 1.56. The van der Waals surface area contributed by atoms with Crippen LogP contribution in [0.4, 0.5) is 4.39 Å². The topological polar surface area (TPSA) is 72.9 Å². The molecule has 6 nitrogen and oxygen atoms in total. The number of hydrogen-bond acceptors (Lipinski definition) is 5. The molecular formula is C28H30FNO5S. The van der Waals surface area contributed by atoms with Gasteiger partial charge < -0.3 is 13.8 Å². The summed E-state index contributed by atoms with van der Waals surface area (Å²) in [6.07, 6.45) is 1.61. The van der Waals surface area contributed by atoms with Crippen molar-refractivity contribution in [1.29, 1.82) is 0 Å². The van der Waals surface area contributed by atoms with E-state index in [1.54, 1.807) is 18.2 Å². The Morgan fingerprint density at radius 3 is 2.39 bits per heavy atom. The summed E-state index contributed by atoms with van der Waals surface area (Å²) in [5.41, 5.74) is 1.89. The van der Waals surface area contributed by atoms with Crippen molar-refractivity contribution in [1.82, 2.24) is 4.90 Å². The number of hydrogen-bond donors (Lipinski definition) is 0. The number of carbonyl (C=O) groups is 1. The summed E-state index contributed by atoms with van der Waals surface area (Å²) in [5, 5.41) is 0. The molecule has 0 saturated heterocycles. The molecule has 0 bridgehead atoms. The molecule has 1 saturated carbocycles. The maximum Gasteiger partial charge on any atom is 0.339 e. The lowest BCUT2D eigenvalue weighted by atomic mass is 10.1. The number of halogens is 1. The lowest BCUT2D eigenvalue weighted by Crippen LogP contribution is -2.39. The summed E-state index contributed by atoms with van der Waals surface area (Å²) in [7, 11) is -2.80. The third-order valence-corrected chi connectivity index (χ3v) is 7.87. The van der Waals surface area contributed by atoms with E-state index in [1.165, 1.54) is 12.7 Å². The van der Waals surface area contributed by atoms with Gasteiger partial charge in [-0.15, -0.1) is 0 Å². The van der Waals surface area contributed by atoms with E-state index < -0.39 is 15.9 Å². The molecule has 0 heterocycles. The second-order valence-corrected chi connectivity index (χ2v) is 10.6. The summed E-state index contributed by atoms with van der Waals surface area (Å²) >= 11 is 0. The van der Waals surface area contributed by atoms with Crippen LogP contribution in [0.25, 0.3) is 0 Å². The molecular weight excluding hydrogens is 481 g/mol. The molecule has 1 fully saturated rings. The average Bonchev–Trinajstić information content (AvgIpc) is 3.68. The van der Waals surface area contributed by atoms with E-state index in [0.717, 1.165) is 37.1 Å². The largest absolute Gasteiger partial charge is 0.493 e. The van der Waals surface area contributed by atoms with Crippen LogP contribution < -0.4 is 8.92 Å². The van der Waals surface area contributed by atoms with Crippen molar-refractivity contribution < 1.29 is 26.5 Å². The second-order valence-electron chi connectivity index (χ2n) is 9.06. The highest BCUT2D eigenvalue weighted by Gasteiger charge is 2.46. The quantitative estimate of drug-likeness (QED) is 0.335. The van der Waals surface area contributed by atoms with Crippen LogP contribution >= 0.6 is 0 Å². The van der Waals surface area contributed by atoms with Gasteiger partial charge in [-0.05, 0) is 73.2 Å². The van der Waals surface area contributed by atoms with Gasteiger partial charge in [0.1, 0.15) is 10.7 Å². The van der Waals surface area contributed by atoms with Gasteiger partial charge in [0.2, 0.25) is 5.91 Å². The molecule has 0 aliphatic heterocycles. The van der Waals surface area contributed by atoms with Crippen LogP contribution in [0.15, 0.2) is 77.7 Å². The minimum absolute atomic E-state index is 0.00365. The maximum absolute atomic E-state index is 13.5. The molecule has 3 unspecified atom stereocenters. The Hall–Kier alpha value is -3.39. The first-order valence-corrected chi connectivity index (χ1v) is 13.4. The number of nitrogens with zero attached hydrogens (tertiary/aromatic N) is 1. The van der Waals surface area contributed by atoms with Crippen molar-refractivity contribution in [3.63, 3.8) is 0 Å². The number of rotatable bonds is 10. The normalized spacial score (nSPS) is 17.8. The van der Waals surface area contributed by atoms with Crippen molar-refractivity contribution in [3.8, 4) is 11.5 Å². The predicted molar refractivity (Wildman–Crippen MR) is 135 cm³/mol. The van der Waals surface area contributed by atoms with Crippen molar-refractivity contribution in [3.05, 3.63) is 89.7 Å². The molecule has 1 aliphatic rings. The van der Waals surface area contributed by atoms with Gasteiger partial charge in [-0.1, -0.05) is 43.3 Å². The highest BCUT2D eigenvalue weighted by atomic mass is 32.2. The lowest BCUT2D eigenvalue weighted by molar-refractivity contribution is -0.135. The van der Waals surface area contributed by atoms with Crippen LogP contribution in [0.5, 0.6) is 11.5 Å². The standard InChI is InChI=1S/C28H30FNO5S/c1-4-19(2)30(28(31)25-17-24(25)21-8-6-5-7-9-21)18-20-10-15-26(34-3)27(16-20)35-36(32,33)23-13-11-22(29)12-14-23/h5-16,19,24-25H,4,17-18H2,1-3H3. The van der Waals surface area contributed by atoms with Gasteiger partial charge >= 0.3 is 10.1 Å². The Morgan fingerprint density at radius 2 is 1.75 bits per heavy atom. The number of benzene rings is 3. The summed E-state index contributed by atoms with van der Waals surface area (Å²) in [6.45, 7) is 4.35. The molecule has 1 amide bonds. The molecule has 190 valence electrons. The van der Waals surface area contributed by atoms with Crippen molar-refractivity contribution in [2.24, 2.45) is 5.92 Å². The van der Waals surface area contributed by atoms with Gasteiger partial charge in [-0.2, -0.15) is 8.42 Å². The molecule has 0 spiro atoms. The van der Waals surface area contributed by atoms with Gasteiger partial charge in [0.05, 0.1) is 7.11 Å². The average molecular weight is 512 g/mol. The molecule has 0 N–H and O–H groups in total. The third-order valence-electron chi connectivity index (χ3n) is 6.62. The van der Waals surface area contributed by atoms with E-state index in [9.17, 15) is 17.6 Å². The maximum atomic E-state index is 13.5. The Kier molecular flexibility index (Phi) is 7.64. The fraction of sp³-hybridized carbons (Fsp3) is 0.321. The van der Waals surface area contributed by atoms with E-state index in [-0.39, 0.29) is 40.2 Å². The van der Waals surface area contributed by atoms with Gasteiger partial charge in [-0.25, -0.2) is 4.39 Å². The molecule has 1 aliphatic carbocycles. The van der Waals surface area contributed by atoms with Crippen molar-refractivity contribution >= 4 is 16.0 Å². The zero-order valence-electron chi connectivity index (χ0n) is 20.6. The summed E-state index contributed by atoms with van der Waals surface area (Å²) in [6, 6.07) is 19.4. The Bertz CT molecular complexity index is 1310. The summed E-state index contributed by atoms with van der Waals surface area (Å²) in [4.78, 5) is 15.2. The van der Waals surface area contributed by atoms with Crippen LogP contribution in [-0.2, 0) is 21.5 Å². The monoisotopic (exact) mass is 511 g/mol. The molecule has 8 heteroatoms. The van der Waals surface area contributed by atoms with Crippen molar-refractivity contribution in [2.75, 3.05) is 7.11 Å². The summed E-state index contributed by atoms with van der Waals surface area (Å²) in [5.74, 6) is -0.0549. The molecule has 0 aromatic heterocycles. The minimum atomic E-state index is -4.21. The van der Waals surface area contributed by atoms with E-state index in [4.69, 9.17) is 8.92 Å². The number of carbonyl (C=O) groups excluding carboxylic acids is 1. The smallest absolute Gasteiger partial charge is 0.339 e. The zero-order valence-corrected chi connectivity index (χ0v) is 21.4. The third kappa shape index (κ3) is 5.70. The molecule has 4 rings (SSSR count). The lowest BCUT2D eigenvalue weighted by Gasteiger charge is -2.29. The second kappa shape index (κ2) is 10.7. The Labute approximate surface area is 211 Å². The van der Waals surface area contributed by atoms with Gasteiger partial charge in [0.15, 0.2) is 11.5 Å². The van der Waals surface area contributed by atoms with E-state index in [1.807, 2.05) is 36.9 Å². The van der Waals surface area contributed by atoms with Gasteiger partial charge in [0.25, 0.3) is 0 Å². The van der Waals surface area contributed by atoms with Crippen LogP contribution in [0.2, 0.25) is 0 Å². The molecule has 3 aromatic rings. The molecule has 36 heavy (non-hydrogen) atoms. The first kappa shape index (κ1) is 25.7. The van der Waals surface area contributed by atoms with E-state index in [0.29, 0.717) is 12.1 Å². The van der Waals surface area contributed by atoms with Crippen LogP contribution in [-0.4, -0.2) is 32.4 Å². The Morgan fingerprint density at radius 1 is 1.06 bits per heavy atom. The van der Waals surface area contributed by atoms with Gasteiger partial charge in [0, 0.05) is 18.5 Å². The highest BCUT2D eigenvalue weighted by Crippen LogP contribution is 2.49. The van der Waals surface area contributed by atoms with Gasteiger partial charge in [-0.3, -0.25) is 4.79 Å². The summed E-state index contributed by atoms with van der Waals surface area (Å²) < 4.78 is 49.5. The van der Waals surface area contributed by atoms with Crippen LogP contribution in [0.3, 0.4) is 0 Å². The highest BCUT2D eigenvalue weighted by molar-refractivity contribution is 7.87. The first-order valence-electron chi connectivity index (χ1n) is 12.0. The fourth-order valence-electron chi connectivity index (χ4n) is 4.27. The molecule has 0 radical (unpaired) electrons. The number of ether oxygens (including phenoxy) is 1.